The predicted octanol–water partition coefficient (Wildman–Crippen LogP) is 5.51. The summed E-state index contributed by atoms with van der Waals surface area (Å²) in [5.74, 6) is 1.66. The second kappa shape index (κ2) is 10.0. The number of amides is 1. The van der Waals surface area contributed by atoms with Crippen LogP contribution in [0.4, 0.5) is 5.69 Å². The van der Waals surface area contributed by atoms with Crippen molar-refractivity contribution in [1.29, 1.82) is 0 Å². The molecule has 4 rings (SSSR count). The Morgan fingerprint density at radius 2 is 1.58 bits per heavy atom. The average Bonchev–Trinajstić information content (AvgIpc) is 2.82. The molecule has 0 bridgehead atoms. The minimum atomic E-state index is -0.224. The van der Waals surface area contributed by atoms with Gasteiger partial charge in [0.25, 0.3) is 5.91 Å². The van der Waals surface area contributed by atoms with Gasteiger partial charge in [0, 0.05) is 12.2 Å². The number of nitrogens with zero attached hydrogens (tertiary/aromatic N) is 1. The highest BCUT2D eigenvalue weighted by Crippen LogP contribution is 2.34. The quantitative estimate of drug-likeness (QED) is 0.467. The molecule has 31 heavy (non-hydrogen) atoms. The number of para-hydroxylation sites is 2. The fourth-order valence-electron chi connectivity index (χ4n) is 3.73. The molecule has 0 fully saturated rings. The second-order valence-corrected chi connectivity index (χ2v) is 7.53. The van der Waals surface area contributed by atoms with Crippen LogP contribution in [0.2, 0.25) is 0 Å². The Kier molecular flexibility index (Phi) is 6.72. The van der Waals surface area contributed by atoms with Crippen molar-refractivity contribution in [2.75, 3.05) is 25.1 Å². The van der Waals surface area contributed by atoms with Crippen molar-refractivity contribution in [2.24, 2.45) is 0 Å². The van der Waals surface area contributed by atoms with Crippen molar-refractivity contribution in [3.63, 3.8) is 0 Å². The molecule has 1 heterocycles. The maximum Gasteiger partial charge on any atom is 0.257 e. The number of rotatable bonds is 9. The standard InChI is InChI=1S/C26H28N2O3/c1-2-3-16-28-25(27-24-15-8-7-14-23(24)26(28)29)20-10-9-13-22(19-20)31-18-17-30-21-11-5-4-6-12-21/h4-15,19,25,27H,2-3,16-18H2,1H3. The zero-order valence-corrected chi connectivity index (χ0v) is 17.8. The minimum Gasteiger partial charge on any atom is -0.490 e. The maximum absolute atomic E-state index is 13.2. The molecule has 1 amide bonds. The molecule has 1 N–H and O–H groups in total. The molecular weight excluding hydrogens is 388 g/mol. The van der Waals surface area contributed by atoms with Crippen molar-refractivity contribution < 1.29 is 14.3 Å². The molecule has 1 aliphatic rings. The summed E-state index contributed by atoms with van der Waals surface area (Å²) in [6.45, 7) is 3.75. The van der Waals surface area contributed by atoms with E-state index in [1.165, 1.54) is 0 Å². The van der Waals surface area contributed by atoms with Crippen LogP contribution in [-0.4, -0.2) is 30.6 Å². The Morgan fingerprint density at radius 1 is 0.871 bits per heavy atom. The molecule has 0 aliphatic carbocycles. The number of fused-ring (bicyclic) bond motifs is 1. The first kappa shape index (κ1) is 20.8. The molecule has 0 radical (unpaired) electrons. The monoisotopic (exact) mass is 416 g/mol. The van der Waals surface area contributed by atoms with Crippen LogP contribution >= 0.6 is 0 Å². The van der Waals surface area contributed by atoms with Crippen LogP contribution in [0.25, 0.3) is 0 Å². The third kappa shape index (κ3) is 5.00. The Labute approximate surface area is 183 Å². The van der Waals surface area contributed by atoms with E-state index < -0.39 is 0 Å². The topological polar surface area (TPSA) is 50.8 Å². The van der Waals surface area contributed by atoms with E-state index >= 15 is 0 Å². The zero-order valence-electron chi connectivity index (χ0n) is 17.8. The smallest absolute Gasteiger partial charge is 0.257 e. The summed E-state index contributed by atoms with van der Waals surface area (Å²) >= 11 is 0. The van der Waals surface area contributed by atoms with Crippen molar-refractivity contribution in [1.82, 2.24) is 4.90 Å². The number of ether oxygens (including phenoxy) is 2. The van der Waals surface area contributed by atoms with Crippen LogP contribution in [0.3, 0.4) is 0 Å². The molecule has 160 valence electrons. The molecule has 1 unspecified atom stereocenters. The molecule has 0 saturated heterocycles. The Bertz CT molecular complexity index is 1010. The van der Waals surface area contributed by atoms with Gasteiger partial charge in [-0.2, -0.15) is 0 Å². The molecule has 0 saturated carbocycles. The summed E-state index contributed by atoms with van der Waals surface area (Å²) in [5, 5.41) is 3.54. The number of hydrogen-bond donors (Lipinski definition) is 1. The molecule has 1 atom stereocenters. The first-order valence-corrected chi connectivity index (χ1v) is 10.8. The van der Waals surface area contributed by atoms with E-state index in [9.17, 15) is 4.79 Å². The van der Waals surface area contributed by atoms with Crippen LogP contribution in [0, 0.1) is 0 Å². The Morgan fingerprint density at radius 3 is 2.39 bits per heavy atom. The van der Waals surface area contributed by atoms with Crippen molar-refractivity contribution in [3.8, 4) is 11.5 Å². The first-order valence-electron chi connectivity index (χ1n) is 10.8. The summed E-state index contributed by atoms with van der Waals surface area (Å²) in [4.78, 5) is 15.1. The summed E-state index contributed by atoms with van der Waals surface area (Å²) in [7, 11) is 0. The Hall–Kier alpha value is -3.47. The van der Waals surface area contributed by atoms with Gasteiger partial charge in [0.15, 0.2) is 0 Å². The highest BCUT2D eigenvalue weighted by Gasteiger charge is 2.32. The van der Waals surface area contributed by atoms with Gasteiger partial charge in [-0.15, -0.1) is 0 Å². The normalized spacial score (nSPS) is 15.2. The van der Waals surface area contributed by atoms with E-state index in [0.717, 1.165) is 41.2 Å². The van der Waals surface area contributed by atoms with Gasteiger partial charge in [0.1, 0.15) is 30.9 Å². The first-order chi connectivity index (χ1) is 15.3. The third-order valence-electron chi connectivity index (χ3n) is 5.31. The lowest BCUT2D eigenvalue weighted by atomic mass is 10.0. The lowest BCUT2D eigenvalue weighted by Gasteiger charge is -2.38. The Balaban J connectivity index is 1.46. The third-order valence-corrected chi connectivity index (χ3v) is 5.31. The number of carbonyl (C=O) groups excluding carboxylic acids is 1. The molecule has 3 aromatic carbocycles. The van der Waals surface area contributed by atoms with Crippen LogP contribution in [0.15, 0.2) is 78.9 Å². The molecule has 3 aromatic rings. The lowest BCUT2D eigenvalue weighted by Crippen LogP contribution is -2.43. The van der Waals surface area contributed by atoms with Gasteiger partial charge in [0.2, 0.25) is 0 Å². The summed E-state index contributed by atoms with van der Waals surface area (Å²) in [5.41, 5.74) is 2.59. The van der Waals surface area contributed by atoms with Crippen molar-refractivity contribution >= 4 is 11.6 Å². The van der Waals surface area contributed by atoms with Crippen LogP contribution in [0.1, 0.15) is 41.9 Å². The minimum absolute atomic E-state index is 0.0652. The summed E-state index contributed by atoms with van der Waals surface area (Å²) < 4.78 is 11.6. The van der Waals surface area contributed by atoms with Gasteiger partial charge in [-0.05, 0) is 48.4 Å². The number of carbonyl (C=O) groups is 1. The van der Waals surface area contributed by atoms with Crippen LogP contribution in [0.5, 0.6) is 11.5 Å². The lowest BCUT2D eigenvalue weighted by molar-refractivity contribution is 0.0680. The van der Waals surface area contributed by atoms with Crippen molar-refractivity contribution in [3.05, 3.63) is 90.0 Å². The SMILES string of the molecule is CCCCN1C(=O)c2ccccc2NC1c1cccc(OCCOc2ccccc2)c1. The second-order valence-electron chi connectivity index (χ2n) is 7.53. The van der Waals surface area contributed by atoms with E-state index in [2.05, 4.69) is 12.2 Å². The molecule has 5 heteroatoms. The van der Waals surface area contributed by atoms with E-state index in [-0.39, 0.29) is 12.1 Å². The number of nitrogens with one attached hydrogen (secondary N) is 1. The van der Waals surface area contributed by atoms with Crippen LogP contribution < -0.4 is 14.8 Å². The average molecular weight is 417 g/mol. The largest absolute Gasteiger partial charge is 0.490 e. The van der Waals surface area contributed by atoms with Gasteiger partial charge in [-0.1, -0.05) is 55.8 Å². The highest BCUT2D eigenvalue weighted by atomic mass is 16.5. The van der Waals surface area contributed by atoms with Gasteiger partial charge in [0.05, 0.1) is 5.56 Å². The van der Waals surface area contributed by atoms with E-state index in [1.54, 1.807) is 0 Å². The summed E-state index contributed by atoms with van der Waals surface area (Å²) in [6.07, 6.45) is 1.76. The number of anilines is 1. The number of hydrogen-bond acceptors (Lipinski definition) is 4. The van der Waals surface area contributed by atoms with Crippen LogP contribution in [-0.2, 0) is 0 Å². The van der Waals surface area contributed by atoms with E-state index in [1.807, 2.05) is 83.8 Å². The highest BCUT2D eigenvalue weighted by molar-refractivity contribution is 6.01. The van der Waals surface area contributed by atoms with Gasteiger partial charge < -0.3 is 19.7 Å². The molecular formula is C26H28N2O3. The van der Waals surface area contributed by atoms with Gasteiger partial charge >= 0.3 is 0 Å². The number of unbranched alkanes of at least 4 members (excludes halogenated alkanes) is 1. The fraction of sp³-hybridized carbons (Fsp3) is 0.269. The molecule has 0 spiro atoms. The van der Waals surface area contributed by atoms with Gasteiger partial charge in [-0.25, -0.2) is 0 Å². The molecule has 1 aliphatic heterocycles. The number of benzene rings is 3. The maximum atomic E-state index is 13.2. The van der Waals surface area contributed by atoms with E-state index in [0.29, 0.717) is 19.8 Å². The zero-order chi connectivity index (χ0) is 21.5. The van der Waals surface area contributed by atoms with Crippen molar-refractivity contribution in [2.45, 2.75) is 25.9 Å². The molecule has 5 nitrogen and oxygen atoms in total. The van der Waals surface area contributed by atoms with E-state index in [4.69, 9.17) is 9.47 Å². The fourth-order valence-corrected chi connectivity index (χ4v) is 3.73. The van der Waals surface area contributed by atoms with Gasteiger partial charge in [-0.3, -0.25) is 4.79 Å². The predicted molar refractivity (Wildman–Crippen MR) is 123 cm³/mol. The summed E-state index contributed by atoms with van der Waals surface area (Å²) in [6, 6.07) is 25.3. The molecule has 0 aromatic heterocycles.